The number of hydrogen-bond acceptors (Lipinski definition) is 6. The van der Waals surface area contributed by atoms with E-state index in [-0.39, 0.29) is 31.1 Å². The van der Waals surface area contributed by atoms with E-state index in [1.807, 2.05) is 0 Å². The lowest BCUT2D eigenvalue weighted by Gasteiger charge is -2.18. The van der Waals surface area contributed by atoms with Crippen LogP contribution in [-0.2, 0) is 28.6 Å². The molecule has 0 aromatic rings. The van der Waals surface area contributed by atoms with Gasteiger partial charge in [0.15, 0.2) is 6.10 Å². The summed E-state index contributed by atoms with van der Waals surface area (Å²) in [4.78, 5) is 38.4. The topological polar surface area (TPSA) is 78.9 Å². The van der Waals surface area contributed by atoms with Gasteiger partial charge in [-0.2, -0.15) is 0 Å². The third-order valence-electron chi connectivity index (χ3n) is 15.1. The Bertz CT molecular complexity index is 1310. The Hall–Kier alpha value is -2.63. The molecule has 0 amide bonds. The molecule has 0 heterocycles. The van der Waals surface area contributed by atoms with Gasteiger partial charge in [0.2, 0.25) is 0 Å². The number of allylic oxidation sites excluding steroid dienone is 8. The Morgan fingerprint density at radius 2 is 0.474 bits per heavy atom. The molecule has 0 N–H and O–H groups in total. The second-order valence-corrected chi connectivity index (χ2v) is 22.7. The largest absolute Gasteiger partial charge is 0.462 e. The van der Waals surface area contributed by atoms with E-state index < -0.39 is 6.10 Å². The molecular formula is C70H128O6. The highest BCUT2D eigenvalue weighted by molar-refractivity contribution is 5.71. The van der Waals surface area contributed by atoms with Crippen molar-refractivity contribution in [2.24, 2.45) is 0 Å². The number of carbonyl (C=O) groups is 3. The summed E-state index contributed by atoms with van der Waals surface area (Å²) in [6.07, 6.45) is 81.2. The average molecular weight is 1070 g/mol. The SMILES string of the molecule is CCCCC/C=C\C/C=C\CCCCCCCCCC(=O)OCC(COC(=O)CCCCCCCCCCCCCCCCCCCCCCCCC)OC(=O)CCCCCCCCC/C=C\C/C=C\CCCCCC. The van der Waals surface area contributed by atoms with E-state index in [1.54, 1.807) is 0 Å². The van der Waals surface area contributed by atoms with Crippen molar-refractivity contribution in [1.82, 2.24) is 0 Å². The highest BCUT2D eigenvalue weighted by Crippen LogP contribution is 2.18. The third kappa shape index (κ3) is 62.2. The zero-order valence-electron chi connectivity index (χ0n) is 51.0. The molecular weight excluding hydrogens is 937 g/mol. The van der Waals surface area contributed by atoms with Gasteiger partial charge in [-0.1, -0.05) is 307 Å². The van der Waals surface area contributed by atoms with Crippen molar-refractivity contribution >= 4 is 17.9 Å². The minimum Gasteiger partial charge on any atom is -0.462 e. The fourth-order valence-electron chi connectivity index (χ4n) is 9.98. The number of unbranched alkanes of at least 4 members (excludes halogenated alkanes) is 43. The first kappa shape index (κ1) is 73.4. The lowest BCUT2D eigenvalue weighted by molar-refractivity contribution is -0.167. The molecule has 0 aliphatic carbocycles. The first-order chi connectivity index (χ1) is 37.5. The molecule has 0 rings (SSSR count). The van der Waals surface area contributed by atoms with Gasteiger partial charge < -0.3 is 14.2 Å². The van der Waals surface area contributed by atoms with E-state index >= 15 is 0 Å². The molecule has 0 saturated heterocycles. The number of carbonyl (C=O) groups excluding carboxylic acids is 3. The summed E-state index contributed by atoms with van der Waals surface area (Å²) in [5.74, 6) is -0.868. The maximum Gasteiger partial charge on any atom is 0.306 e. The highest BCUT2D eigenvalue weighted by atomic mass is 16.6. The zero-order valence-corrected chi connectivity index (χ0v) is 51.0. The van der Waals surface area contributed by atoms with Crippen LogP contribution in [0.3, 0.4) is 0 Å². The van der Waals surface area contributed by atoms with Gasteiger partial charge in [0.05, 0.1) is 0 Å². The molecule has 0 fully saturated rings. The molecule has 0 aliphatic heterocycles. The quantitative estimate of drug-likeness (QED) is 0.0261. The van der Waals surface area contributed by atoms with Crippen LogP contribution in [0.4, 0.5) is 0 Å². The number of rotatable bonds is 62. The lowest BCUT2D eigenvalue weighted by atomic mass is 10.0. The first-order valence-electron chi connectivity index (χ1n) is 33.6. The van der Waals surface area contributed by atoms with E-state index in [4.69, 9.17) is 14.2 Å². The summed E-state index contributed by atoms with van der Waals surface area (Å²) in [6, 6.07) is 0. The molecule has 444 valence electrons. The van der Waals surface area contributed by atoms with Gasteiger partial charge in [-0.3, -0.25) is 14.4 Å². The van der Waals surface area contributed by atoms with Crippen LogP contribution in [0.25, 0.3) is 0 Å². The number of hydrogen-bond donors (Lipinski definition) is 0. The van der Waals surface area contributed by atoms with E-state index in [2.05, 4.69) is 69.4 Å². The molecule has 0 aromatic carbocycles. The van der Waals surface area contributed by atoms with Gasteiger partial charge in [-0.25, -0.2) is 0 Å². The van der Waals surface area contributed by atoms with Gasteiger partial charge in [-0.05, 0) is 83.5 Å². The van der Waals surface area contributed by atoms with Crippen LogP contribution >= 0.6 is 0 Å². The van der Waals surface area contributed by atoms with Crippen molar-refractivity contribution < 1.29 is 28.6 Å². The smallest absolute Gasteiger partial charge is 0.306 e. The summed E-state index contributed by atoms with van der Waals surface area (Å²) in [5, 5.41) is 0. The summed E-state index contributed by atoms with van der Waals surface area (Å²) in [6.45, 7) is 6.65. The number of ether oxygens (including phenoxy) is 3. The molecule has 0 bridgehead atoms. The average Bonchev–Trinajstić information content (AvgIpc) is 3.42. The van der Waals surface area contributed by atoms with Crippen molar-refractivity contribution in [3.8, 4) is 0 Å². The monoisotopic (exact) mass is 1060 g/mol. The number of esters is 3. The molecule has 0 radical (unpaired) electrons. The van der Waals surface area contributed by atoms with Gasteiger partial charge in [0, 0.05) is 19.3 Å². The lowest BCUT2D eigenvalue weighted by Crippen LogP contribution is -2.30. The van der Waals surface area contributed by atoms with Crippen LogP contribution in [0, 0.1) is 0 Å². The molecule has 6 heteroatoms. The Labute approximate surface area is 473 Å². The summed E-state index contributed by atoms with van der Waals surface area (Å²) in [7, 11) is 0. The molecule has 0 aliphatic rings. The molecule has 1 unspecified atom stereocenters. The minimum atomic E-state index is -0.780. The van der Waals surface area contributed by atoms with Crippen molar-refractivity contribution in [1.29, 1.82) is 0 Å². The summed E-state index contributed by atoms with van der Waals surface area (Å²) in [5.41, 5.74) is 0. The molecule has 0 saturated carbocycles. The second kappa shape index (κ2) is 64.9. The normalized spacial score (nSPS) is 12.3. The van der Waals surface area contributed by atoms with Crippen LogP contribution in [-0.4, -0.2) is 37.2 Å². The van der Waals surface area contributed by atoms with Crippen molar-refractivity contribution in [3.05, 3.63) is 48.6 Å². The molecule has 0 spiro atoms. The van der Waals surface area contributed by atoms with Gasteiger partial charge in [0.25, 0.3) is 0 Å². The second-order valence-electron chi connectivity index (χ2n) is 22.7. The van der Waals surface area contributed by atoms with Crippen LogP contribution in [0.15, 0.2) is 48.6 Å². The third-order valence-corrected chi connectivity index (χ3v) is 15.1. The predicted molar refractivity (Wildman–Crippen MR) is 330 cm³/mol. The molecule has 1 atom stereocenters. The highest BCUT2D eigenvalue weighted by Gasteiger charge is 2.19. The Morgan fingerprint density at radius 1 is 0.263 bits per heavy atom. The predicted octanol–water partition coefficient (Wildman–Crippen LogP) is 22.9. The maximum absolute atomic E-state index is 12.9. The van der Waals surface area contributed by atoms with E-state index in [0.717, 1.165) is 83.5 Å². The van der Waals surface area contributed by atoms with Crippen molar-refractivity contribution in [2.75, 3.05) is 13.2 Å². The zero-order chi connectivity index (χ0) is 55.0. The van der Waals surface area contributed by atoms with Crippen LogP contribution in [0.1, 0.15) is 361 Å². The fourth-order valence-corrected chi connectivity index (χ4v) is 9.98. The van der Waals surface area contributed by atoms with E-state index in [0.29, 0.717) is 19.3 Å². The Kier molecular flexibility index (Phi) is 62.6. The fraction of sp³-hybridized carbons (Fsp3) is 0.843. The van der Waals surface area contributed by atoms with Crippen molar-refractivity contribution in [3.63, 3.8) is 0 Å². The molecule has 0 aromatic heterocycles. The maximum atomic E-state index is 12.9. The first-order valence-corrected chi connectivity index (χ1v) is 33.6. The minimum absolute atomic E-state index is 0.0752. The van der Waals surface area contributed by atoms with Gasteiger partial charge in [-0.15, -0.1) is 0 Å². The van der Waals surface area contributed by atoms with Crippen LogP contribution < -0.4 is 0 Å². The molecule has 6 nitrogen and oxygen atoms in total. The van der Waals surface area contributed by atoms with Crippen LogP contribution in [0.2, 0.25) is 0 Å². The van der Waals surface area contributed by atoms with Crippen molar-refractivity contribution in [2.45, 2.75) is 367 Å². The summed E-state index contributed by atoms with van der Waals surface area (Å²) < 4.78 is 17.0. The van der Waals surface area contributed by atoms with E-state index in [1.165, 1.54) is 238 Å². The Balaban J connectivity index is 4.32. The standard InChI is InChI=1S/C70H128O6/c1-4-7-10-13-16-19-22-25-28-31-33-34-35-36-37-40-42-45-48-51-54-57-60-63-69(72)75-66-67(65-74-68(71)62-59-56-53-50-47-44-41-38-30-27-24-21-18-15-12-9-6-3)76-70(73)64-61-58-55-52-49-46-43-39-32-29-26-23-20-17-14-11-8-5-2/h18,20-21,23,27,29-30,32,67H,4-17,19,22,24-26,28,31,33-66H2,1-3H3/b21-18-,23-20-,30-27-,32-29-. The Morgan fingerprint density at radius 3 is 0.763 bits per heavy atom. The van der Waals surface area contributed by atoms with E-state index in [9.17, 15) is 14.4 Å². The van der Waals surface area contributed by atoms with Gasteiger partial charge >= 0.3 is 17.9 Å². The summed E-state index contributed by atoms with van der Waals surface area (Å²) >= 11 is 0. The van der Waals surface area contributed by atoms with Crippen LogP contribution in [0.5, 0.6) is 0 Å². The van der Waals surface area contributed by atoms with Gasteiger partial charge in [0.1, 0.15) is 13.2 Å². The molecule has 76 heavy (non-hydrogen) atoms.